The quantitative estimate of drug-likeness (QED) is 0.0840. The van der Waals surface area contributed by atoms with Gasteiger partial charge in [0.15, 0.2) is 6.10 Å². The van der Waals surface area contributed by atoms with Crippen LogP contribution in [-0.4, -0.2) is 65.7 Å². The SMILES string of the molecule is CCCCCC=CCC=CCCCCCCCCN=C(N)OC[C@H]1O[C@@H](N2C=CC(N)NC2=O)C(F)(F)[C@@H]1O. The highest BCUT2D eigenvalue weighted by Gasteiger charge is 2.61. The Morgan fingerprint density at radius 3 is 2.44 bits per heavy atom. The highest BCUT2D eigenvalue weighted by atomic mass is 19.3. The summed E-state index contributed by atoms with van der Waals surface area (Å²) in [6.45, 7) is 2.26. The van der Waals surface area contributed by atoms with Crippen molar-refractivity contribution in [2.45, 2.75) is 114 Å². The minimum absolute atomic E-state index is 0.151. The van der Waals surface area contributed by atoms with E-state index in [4.69, 9.17) is 20.9 Å². The van der Waals surface area contributed by atoms with E-state index >= 15 is 0 Å². The van der Waals surface area contributed by atoms with Crippen LogP contribution in [0.15, 0.2) is 41.6 Å². The molecule has 6 N–H and O–H groups in total. The zero-order valence-corrected chi connectivity index (χ0v) is 23.2. The fraction of sp³-hybridized carbons (Fsp3) is 0.714. The molecular weight excluding hydrogens is 508 g/mol. The highest BCUT2D eigenvalue weighted by Crippen LogP contribution is 2.38. The van der Waals surface area contributed by atoms with Crippen LogP contribution in [0, 0.1) is 0 Å². The third-order valence-corrected chi connectivity index (χ3v) is 6.63. The number of amidine groups is 1. The number of nitrogens with zero attached hydrogens (tertiary/aromatic N) is 2. The fourth-order valence-electron chi connectivity index (χ4n) is 4.31. The molecule has 0 radical (unpaired) electrons. The molecule has 0 bridgehead atoms. The second-order valence-corrected chi connectivity index (χ2v) is 9.99. The topological polar surface area (TPSA) is 135 Å². The monoisotopic (exact) mass is 555 g/mol. The largest absolute Gasteiger partial charge is 0.463 e. The summed E-state index contributed by atoms with van der Waals surface area (Å²) in [6.07, 6.45) is 18.8. The summed E-state index contributed by atoms with van der Waals surface area (Å²) >= 11 is 0. The summed E-state index contributed by atoms with van der Waals surface area (Å²) in [6, 6.07) is -1.00. The minimum atomic E-state index is -3.72. The lowest BCUT2D eigenvalue weighted by Gasteiger charge is -2.32. The van der Waals surface area contributed by atoms with Crippen LogP contribution in [0.3, 0.4) is 0 Å². The number of alkyl halides is 2. The summed E-state index contributed by atoms with van der Waals surface area (Å²) in [7, 11) is 0. The predicted octanol–water partition coefficient (Wildman–Crippen LogP) is 4.68. The van der Waals surface area contributed by atoms with Crippen molar-refractivity contribution in [3.63, 3.8) is 0 Å². The van der Waals surface area contributed by atoms with Gasteiger partial charge in [-0.3, -0.25) is 4.90 Å². The lowest BCUT2D eigenvalue weighted by Crippen LogP contribution is -2.57. The fourth-order valence-corrected chi connectivity index (χ4v) is 4.31. The van der Waals surface area contributed by atoms with Crippen molar-refractivity contribution in [1.82, 2.24) is 10.2 Å². The van der Waals surface area contributed by atoms with Crippen molar-refractivity contribution in [1.29, 1.82) is 0 Å². The molecule has 11 heteroatoms. The number of halogens is 2. The number of rotatable bonds is 18. The average Bonchev–Trinajstić information content (AvgIpc) is 3.12. The van der Waals surface area contributed by atoms with E-state index in [0.29, 0.717) is 11.4 Å². The molecule has 0 aliphatic carbocycles. The van der Waals surface area contributed by atoms with Crippen LogP contribution < -0.4 is 16.8 Å². The van der Waals surface area contributed by atoms with Gasteiger partial charge in [-0.25, -0.2) is 9.79 Å². The van der Waals surface area contributed by atoms with Crippen molar-refractivity contribution in [3.8, 4) is 0 Å². The first-order chi connectivity index (χ1) is 18.8. The lowest BCUT2D eigenvalue weighted by atomic mass is 10.1. The van der Waals surface area contributed by atoms with Crippen molar-refractivity contribution < 1.29 is 28.2 Å². The molecule has 39 heavy (non-hydrogen) atoms. The molecule has 222 valence electrons. The molecule has 2 amide bonds. The lowest BCUT2D eigenvalue weighted by molar-refractivity contribution is -0.145. The minimum Gasteiger partial charge on any atom is -0.463 e. The maximum atomic E-state index is 14.6. The second-order valence-electron chi connectivity index (χ2n) is 9.99. The first-order valence-corrected chi connectivity index (χ1v) is 14.2. The van der Waals surface area contributed by atoms with Gasteiger partial charge < -0.3 is 31.4 Å². The Morgan fingerprint density at radius 2 is 1.77 bits per heavy atom. The van der Waals surface area contributed by atoms with Crippen LogP contribution in [-0.2, 0) is 9.47 Å². The van der Waals surface area contributed by atoms with Gasteiger partial charge in [-0.1, -0.05) is 69.8 Å². The molecule has 1 saturated heterocycles. The maximum absolute atomic E-state index is 14.6. The number of amides is 2. The number of aliphatic imine (C=N–C) groups is 1. The molecule has 0 saturated carbocycles. The van der Waals surface area contributed by atoms with Gasteiger partial charge in [0, 0.05) is 12.7 Å². The number of hydrogen-bond donors (Lipinski definition) is 4. The zero-order valence-electron chi connectivity index (χ0n) is 23.2. The number of allylic oxidation sites excluding steroid dienone is 4. The van der Waals surface area contributed by atoms with Gasteiger partial charge in [-0.05, 0) is 44.6 Å². The van der Waals surface area contributed by atoms with Crippen LogP contribution in [0.1, 0.15) is 84.0 Å². The van der Waals surface area contributed by atoms with E-state index in [1.807, 2.05) is 0 Å². The second kappa shape index (κ2) is 18.0. The average molecular weight is 556 g/mol. The van der Waals surface area contributed by atoms with Crippen LogP contribution in [0.5, 0.6) is 0 Å². The normalized spacial score (nSPS) is 25.2. The van der Waals surface area contributed by atoms with Crippen LogP contribution in [0.2, 0.25) is 0 Å². The number of aliphatic hydroxyl groups excluding tert-OH is 1. The van der Waals surface area contributed by atoms with E-state index in [-0.39, 0.29) is 6.02 Å². The Morgan fingerprint density at radius 1 is 1.13 bits per heavy atom. The number of ether oxygens (including phenoxy) is 2. The zero-order chi connectivity index (χ0) is 28.5. The molecule has 0 aromatic carbocycles. The molecular formula is C28H47F2N5O4. The van der Waals surface area contributed by atoms with Crippen LogP contribution >= 0.6 is 0 Å². The molecule has 2 aliphatic heterocycles. The predicted molar refractivity (Wildman–Crippen MR) is 149 cm³/mol. The first kappa shape index (κ1) is 32.7. The number of nitrogens with two attached hydrogens (primary N) is 2. The highest BCUT2D eigenvalue weighted by molar-refractivity contribution is 5.77. The van der Waals surface area contributed by atoms with Gasteiger partial charge in [-0.15, -0.1) is 0 Å². The van der Waals surface area contributed by atoms with Gasteiger partial charge in [0.1, 0.15) is 12.7 Å². The number of aliphatic hydroxyl groups is 1. The smallest absolute Gasteiger partial charge is 0.325 e. The van der Waals surface area contributed by atoms with Gasteiger partial charge >= 0.3 is 12.0 Å². The summed E-state index contributed by atoms with van der Waals surface area (Å²) in [5.74, 6) is -3.72. The molecule has 0 aromatic heterocycles. The van der Waals surface area contributed by atoms with E-state index in [9.17, 15) is 18.7 Å². The van der Waals surface area contributed by atoms with Gasteiger partial charge in [0.2, 0.25) is 6.23 Å². The Kier molecular flexibility index (Phi) is 15.1. The summed E-state index contributed by atoms with van der Waals surface area (Å²) in [4.78, 5) is 16.8. The van der Waals surface area contributed by atoms with Crippen LogP contribution in [0.4, 0.5) is 13.6 Å². The molecule has 0 spiro atoms. The molecule has 1 unspecified atom stereocenters. The molecule has 0 aromatic rings. The Labute approximate surface area is 231 Å². The third kappa shape index (κ3) is 11.6. The van der Waals surface area contributed by atoms with E-state index in [2.05, 4.69) is 41.5 Å². The Bertz CT molecular complexity index is 837. The van der Waals surface area contributed by atoms with Crippen molar-refractivity contribution >= 4 is 12.1 Å². The van der Waals surface area contributed by atoms with Crippen molar-refractivity contribution in [2.75, 3.05) is 13.2 Å². The molecule has 2 heterocycles. The van der Waals surface area contributed by atoms with Crippen LogP contribution in [0.25, 0.3) is 0 Å². The van der Waals surface area contributed by atoms with E-state index < -0.39 is 43.2 Å². The number of carbonyl (C=O) groups excluding carboxylic acids is 1. The standard InChI is InChI=1S/C28H47F2N5O4/c1-2-3-4-5-6-7-8-9-10-11-12-13-14-15-16-17-19-33-26(32)38-21-22-24(36)28(29,30)25(39-22)35-20-18-23(31)34-27(35)37/h6-7,9-10,18,20,22-25,36H,2-5,8,11-17,19,21,31H2,1H3,(H2,32,33)(H,34,37)/t22-,23?,24-,25-/m1/s1. The van der Waals surface area contributed by atoms with Crippen molar-refractivity contribution in [3.05, 3.63) is 36.6 Å². The van der Waals surface area contributed by atoms with Gasteiger partial charge in [-0.2, -0.15) is 8.78 Å². The summed E-state index contributed by atoms with van der Waals surface area (Å²) in [5.41, 5.74) is 11.3. The number of hydrogen-bond acceptors (Lipinski definition) is 6. The van der Waals surface area contributed by atoms with Crippen molar-refractivity contribution in [2.24, 2.45) is 16.5 Å². The number of unbranched alkanes of at least 4 members (excludes halogenated alkanes) is 9. The molecule has 2 aliphatic rings. The van der Waals surface area contributed by atoms with Gasteiger partial charge in [0.05, 0.1) is 6.17 Å². The maximum Gasteiger partial charge on any atom is 0.325 e. The van der Waals surface area contributed by atoms with E-state index in [1.54, 1.807) is 0 Å². The number of carbonyl (C=O) groups is 1. The number of nitrogens with one attached hydrogen (secondary N) is 1. The third-order valence-electron chi connectivity index (χ3n) is 6.63. The molecule has 2 rings (SSSR count). The number of urea groups is 1. The molecule has 4 atom stereocenters. The Hall–Kier alpha value is -2.50. The summed E-state index contributed by atoms with van der Waals surface area (Å²) < 4.78 is 39.6. The molecule has 9 nitrogen and oxygen atoms in total. The van der Waals surface area contributed by atoms with E-state index in [0.717, 1.165) is 38.3 Å². The van der Waals surface area contributed by atoms with Gasteiger partial charge in [0.25, 0.3) is 6.02 Å². The molecule has 1 fully saturated rings. The first-order valence-electron chi connectivity index (χ1n) is 14.2. The summed E-state index contributed by atoms with van der Waals surface area (Å²) in [5, 5.41) is 12.3. The Balaban J connectivity index is 1.53. The van der Waals surface area contributed by atoms with E-state index in [1.165, 1.54) is 51.0 Å².